The molecular formula is C13H25N. The summed E-state index contributed by atoms with van der Waals surface area (Å²) in [4.78, 5) is 2.63. The highest BCUT2D eigenvalue weighted by Gasteiger charge is 2.35. The van der Waals surface area contributed by atoms with Gasteiger partial charge in [-0.25, -0.2) is 0 Å². The highest BCUT2D eigenvalue weighted by Crippen LogP contribution is 2.38. The van der Waals surface area contributed by atoms with Crippen molar-refractivity contribution in [2.45, 2.75) is 52.0 Å². The van der Waals surface area contributed by atoms with Gasteiger partial charge >= 0.3 is 0 Å². The molecule has 1 saturated carbocycles. The Kier molecular flexibility index (Phi) is 3.16. The molecule has 0 radical (unpaired) electrons. The lowest BCUT2D eigenvalue weighted by molar-refractivity contribution is 0.0875. The van der Waals surface area contributed by atoms with Crippen LogP contribution in [0.25, 0.3) is 0 Å². The molecule has 0 aromatic heterocycles. The average molecular weight is 195 g/mol. The van der Waals surface area contributed by atoms with E-state index in [4.69, 9.17) is 0 Å². The van der Waals surface area contributed by atoms with Gasteiger partial charge in [0.1, 0.15) is 0 Å². The topological polar surface area (TPSA) is 3.24 Å². The van der Waals surface area contributed by atoms with Crippen molar-refractivity contribution in [3.63, 3.8) is 0 Å². The number of nitrogens with zero attached hydrogens (tertiary/aromatic N) is 1. The van der Waals surface area contributed by atoms with Gasteiger partial charge in [0, 0.05) is 6.04 Å². The maximum Gasteiger partial charge on any atom is 0.0123 e. The van der Waals surface area contributed by atoms with Crippen molar-refractivity contribution in [3.05, 3.63) is 0 Å². The van der Waals surface area contributed by atoms with Crippen LogP contribution in [0.3, 0.4) is 0 Å². The second kappa shape index (κ2) is 4.22. The minimum Gasteiger partial charge on any atom is -0.303 e. The molecule has 4 atom stereocenters. The molecule has 2 unspecified atom stereocenters. The maximum absolute atomic E-state index is 2.63. The first-order chi connectivity index (χ1) is 6.68. The Hall–Kier alpha value is -0.0400. The fourth-order valence-electron chi connectivity index (χ4n) is 3.74. The maximum atomic E-state index is 2.63. The molecule has 14 heavy (non-hydrogen) atoms. The minimum atomic E-state index is 0.906. The third kappa shape index (κ3) is 1.98. The molecule has 2 rings (SSSR count). The number of hydrogen-bond acceptors (Lipinski definition) is 1. The molecule has 2 aliphatic rings. The number of likely N-dealkylation sites (tertiary alicyclic amines) is 1. The van der Waals surface area contributed by atoms with Crippen molar-refractivity contribution in [2.24, 2.45) is 17.8 Å². The molecule has 1 nitrogen and oxygen atoms in total. The zero-order chi connectivity index (χ0) is 10.1. The van der Waals surface area contributed by atoms with Crippen LogP contribution in [0.1, 0.15) is 46.0 Å². The van der Waals surface area contributed by atoms with Gasteiger partial charge in [0.05, 0.1) is 0 Å². The number of rotatable bonds is 0. The molecule has 1 heterocycles. The van der Waals surface area contributed by atoms with Crippen LogP contribution in [0.15, 0.2) is 0 Å². The summed E-state index contributed by atoms with van der Waals surface area (Å²) in [5.74, 6) is 2.92. The highest BCUT2D eigenvalue weighted by atomic mass is 15.1. The Balaban J connectivity index is 2.09. The highest BCUT2D eigenvalue weighted by molar-refractivity contribution is 4.88. The molecule has 1 aliphatic carbocycles. The first-order valence-corrected chi connectivity index (χ1v) is 6.38. The summed E-state index contributed by atoms with van der Waals surface area (Å²) in [6.45, 7) is 6.26. The van der Waals surface area contributed by atoms with Crippen LogP contribution in [0.5, 0.6) is 0 Å². The van der Waals surface area contributed by atoms with Crippen LogP contribution in [0.4, 0.5) is 0 Å². The van der Waals surface area contributed by atoms with Gasteiger partial charge in [0.2, 0.25) is 0 Å². The van der Waals surface area contributed by atoms with Crippen LogP contribution >= 0.6 is 0 Å². The van der Waals surface area contributed by atoms with E-state index in [1.807, 2.05) is 0 Å². The summed E-state index contributed by atoms with van der Waals surface area (Å²) < 4.78 is 0. The van der Waals surface area contributed by atoms with Gasteiger partial charge in [-0.2, -0.15) is 0 Å². The molecule has 1 heteroatoms. The number of piperidine rings is 1. The lowest BCUT2D eigenvalue weighted by atomic mass is 9.79. The third-order valence-electron chi connectivity index (χ3n) is 4.57. The lowest BCUT2D eigenvalue weighted by Crippen LogP contribution is -2.44. The number of hydrogen-bond donors (Lipinski definition) is 0. The summed E-state index contributed by atoms with van der Waals surface area (Å²) in [6.07, 6.45) is 7.29. The fraction of sp³-hybridized carbons (Fsp3) is 1.00. The minimum absolute atomic E-state index is 0.906. The number of fused-ring (bicyclic) bond motifs is 1. The van der Waals surface area contributed by atoms with Crippen molar-refractivity contribution >= 4 is 0 Å². The van der Waals surface area contributed by atoms with Crippen molar-refractivity contribution in [1.82, 2.24) is 4.90 Å². The van der Waals surface area contributed by atoms with Crippen LogP contribution in [-0.2, 0) is 0 Å². The van der Waals surface area contributed by atoms with E-state index in [2.05, 4.69) is 25.8 Å². The van der Waals surface area contributed by atoms with Crippen LogP contribution in [0.2, 0.25) is 0 Å². The molecule has 0 aromatic carbocycles. The zero-order valence-electron chi connectivity index (χ0n) is 10.00. The molecule has 0 spiro atoms. The molecule has 2 fully saturated rings. The van der Waals surface area contributed by atoms with Gasteiger partial charge < -0.3 is 4.90 Å². The normalized spacial score (nSPS) is 45.6. The van der Waals surface area contributed by atoms with E-state index < -0.39 is 0 Å². The molecule has 1 saturated heterocycles. The molecule has 0 bridgehead atoms. The van der Waals surface area contributed by atoms with Gasteiger partial charge in [-0.3, -0.25) is 0 Å². The summed E-state index contributed by atoms with van der Waals surface area (Å²) in [5.41, 5.74) is 0. The van der Waals surface area contributed by atoms with Gasteiger partial charge in [-0.1, -0.05) is 13.8 Å². The zero-order valence-corrected chi connectivity index (χ0v) is 10.00. The Labute approximate surface area is 88.9 Å². The molecule has 1 aliphatic heterocycles. The largest absolute Gasteiger partial charge is 0.303 e. The quantitative estimate of drug-likeness (QED) is 0.574. The van der Waals surface area contributed by atoms with Crippen LogP contribution < -0.4 is 0 Å². The van der Waals surface area contributed by atoms with Crippen molar-refractivity contribution in [2.75, 3.05) is 13.6 Å². The Morgan fingerprint density at radius 1 is 1.07 bits per heavy atom. The van der Waals surface area contributed by atoms with Gasteiger partial charge in [-0.15, -0.1) is 0 Å². The Bertz CT molecular complexity index is 190. The molecule has 0 amide bonds. The smallest absolute Gasteiger partial charge is 0.0123 e. The van der Waals surface area contributed by atoms with E-state index in [9.17, 15) is 0 Å². The van der Waals surface area contributed by atoms with Gasteiger partial charge in [-0.05, 0) is 63.5 Å². The van der Waals surface area contributed by atoms with Crippen molar-refractivity contribution in [1.29, 1.82) is 0 Å². The average Bonchev–Trinajstić information content (AvgIpc) is 2.28. The van der Waals surface area contributed by atoms with Gasteiger partial charge in [0.25, 0.3) is 0 Å². The summed E-state index contributed by atoms with van der Waals surface area (Å²) in [7, 11) is 2.33. The van der Waals surface area contributed by atoms with E-state index >= 15 is 0 Å². The third-order valence-corrected chi connectivity index (χ3v) is 4.57. The summed E-state index contributed by atoms with van der Waals surface area (Å²) in [6, 6.07) is 0.906. The summed E-state index contributed by atoms with van der Waals surface area (Å²) in [5, 5.41) is 0. The predicted molar refractivity (Wildman–Crippen MR) is 61.3 cm³/mol. The van der Waals surface area contributed by atoms with Gasteiger partial charge in [0.15, 0.2) is 0 Å². The lowest BCUT2D eigenvalue weighted by Gasteiger charge is -2.40. The first-order valence-electron chi connectivity index (χ1n) is 6.38. The van der Waals surface area contributed by atoms with E-state index in [1.54, 1.807) is 0 Å². The summed E-state index contributed by atoms with van der Waals surface area (Å²) >= 11 is 0. The van der Waals surface area contributed by atoms with E-state index in [0.717, 1.165) is 23.8 Å². The SMILES string of the molecule is CC1C[C@@H](C)CCC2[C@@H]1CCCN2C. The first kappa shape index (κ1) is 10.5. The van der Waals surface area contributed by atoms with E-state index in [-0.39, 0.29) is 0 Å². The van der Waals surface area contributed by atoms with Crippen LogP contribution in [0, 0.1) is 17.8 Å². The Morgan fingerprint density at radius 2 is 1.86 bits per heavy atom. The van der Waals surface area contributed by atoms with E-state index in [1.165, 1.54) is 38.6 Å². The molecular weight excluding hydrogens is 170 g/mol. The predicted octanol–water partition coefficient (Wildman–Crippen LogP) is 3.15. The molecule has 0 aromatic rings. The standard InChI is InChI=1S/C13H25N/c1-10-6-7-13-12(11(2)9-10)5-4-8-14(13)3/h10-13H,4-9H2,1-3H3/t10-,11?,12+,13?/m0/s1. The second-order valence-corrected chi connectivity index (χ2v) is 5.75. The van der Waals surface area contributed by atoms with Crippen LogP contribution in [-0.4, -0.2) is 24.5 Å². The van der Waals surface area contributed by atoms with Crippen molar-refractivity contribution < 1.29 is 0 Å². The van der Waals surface area contributed by atoms with E-state index in [0.29, 0.717) is 0 Å². The second-order valence-electron chi connectivity index (χ2n) is 5.75. The molecule has 82 valence electrons. The Morgan fingerprint density at radius 3 is 2.64 bits per heavy atom. The molecule has 0 N–H and O–H groups in total. The van der Waals surface area contributed by atoms with Crippen molar-refractivity contribution in [3.8, 4) is 0 Å². The fourth-order valence-corrected chi connectivity index (χ4v) is 3.74. The monoisotopic (exact) mass is 195 g/mol.